The van der Waals surface area contributed by atoms with Gasteiger partial charge in [0.25, 0.3) is 0 Å². The number of benzene rings is 2. The van der Waals surface area contributed by atoms with Crippen molar-refractivity contribution >= 4 is 16.3 Å². The van der Waals surface area contributed by atoms with Crippen LogP contribution in [0.1, 0.15) is 33.8 Å². The number of hydrogen-bond acceptors (Lipinski definition) is 5. The minimum Gasteiger partial charge on any atom is -0.492 e. The highest BCUT2D eigenvalue weighted by atomic mass is 32.1. The summed E-state index contributed by atoms with van der Waals surface area (Å²) in [6.45, 7) is 3.96. The van der Waals surface area contributed by atoms with Crippen LogP contribution in [0.3, 0.4) is 0 Å². The number of nitrogens with one attached hydrogen (secondary N) is 2. The maximum Gasteiger partial charge on any atom is 0.235 e. The highest BCUT2D eigenvalue weighted by molar-refractivity contribution is 7.17. The number of rotatable bonds is 6. The first-order valence-electron chi connectivity index (χ1n) is 11.6. The lowest BCUT2D eigenvalue weighted by atomic mass is 9.96. The van der Waals surface area contributed by atoms with E-state index in [0.717, 1.165) is 36.8 Å². The zero-order valence-corrected chi connectivity index (χ0v) is 19.5. The average molecular weight is 474 g/mol. The van der Waals surface area contributed by atoms with Gasteiger partial charge < -0.3 is 19.3 Å². The second kappa shape index (κ2) is 9.06. The van der Waals surface area contributed by atoms with Crippen LogP contribution in [0.2, 0.25) is 0 Å². The van der Waals surface area contributed by atoms with Crippen LogP contribution < -0.4 is 9.80 Å². The molecule has 172 valence electrons. The molecule has 2 aromatic carbocycles. The quantitative estimate of drug-likeness (QED) is 0.351. The molecule has 5 aromatic rings. The van der Waals surface area contributed by atoms with Crippen LogP contribution in [0, 0.1) is 0 Å². The molecule has 1 saturated heterocycles. The van der Waals surface area contributed by atoms with Gasteiger partial charge in [-0.05, 0) is 12.1 Å². The number of fused-ring (bicyclic) bond motifs is 1. The summed E-state index contributed by atoms with van der Waals surface area (Å²) in [5.74, 6) is 1.02. The summed E-state index contributed by atoms with van der Waals surface area (Å²) in [4.78, 5) is 8.78. The normalized spacial score (nSPS) is 19.6. The molecule has 0 radical (unpaired) electrons. The number of aromatic hydroxyl groups is 1. The Hall–Kier alpha value is -3.46. The van der Waals surface area contributed by atoms with Crippen molar-refractivity contribution in [3.8, 4) is 5.88 Å². The highest BCUT2D eigenvalue weighted by Gasteiger charge is 2.39. The molecule has 34 heavy (non-hydrogen) atoms. The second-order valence-electron chi connectivity index (χ2n) is 8.76. The first kappa shape index (κ1) is 21.1. The van der Waals surface area contributed by atoms with E-state index >= 15 is 0 Å². The lowest BCUT2D eigenvalue weighted by molar-refractivity contribution is -1.03. The fraction of sp³-hybridized carbons (Fsp3) is 0.231. The molecule has 1 fully saturated rings. The smallest absolute Gasteiger partial charge is 0.235 e. The molecule has 0 saturated carbocycles. The summed E-state index contributed by atoms with van der Waals surface area (Å²) in [5.41, 5.74) is 2.69. The Morgan fingerprint density at radius 2 is 1.44 bits per heavy atom. The molecule has 1 aliphatic rings. The largest absolute Gasteiger partial charge is 0.492 e. The van der Waals surface area contributed by atoms with Gasteiger partial charge in [-0.25, -0.2) is 4.98 Å². The number of thiazole rings is 1. The van der Waals surface area contributed by atoms with Crippen molar-refractivity contribution in [2.24, 2.45) is 0 Å². The maximum absolute atomic E-state index is 10.9. The summed E-state index contributed by atoms with van der Waals surface area (Å²) in [6.07, 6.45) is 3.18. The van der Waals surface area contributed by atoms with Crippen LogP contribution in [-0.4, -0.2) is 45.9 Å². The third-order valence-electron chi connectivity index (χ3n) is 6.85. The molecular formula is C26H27N5O2S+2. The van der Waals surface area contributed by atoms with E-state index in [0.29, 0.717) is 11.0 Å². The van der Waals surface area contributed by atoms with E-state index < -0.39 is 0 Å². The number of hydrogen-bond donors (Lipinski definition) is 3. The van der Waals surface area contributed by atoms with Gasteiger partial charge in [-0.3, -0.25) is 0 Å². The van der Waals surface area contributed by atoms with Crippen molar-refractivity contribution in [3.05, 3.63) is 107 Å². The SMILES string of the molecule is Oc1c([C@@H](c2ccco2)[NH+]2CC[NH+](C(c3ccccc3)c3ccccc3)CC2)sc2ncnn12. The van der Waals surface area contributed by atoms with Gasteiger partial charge in [0.1, 0.15) is 43.4 Å². The Morgan fingerprint density at radius 3 is 2.00 bits per heavy atom. The molecule has 6 rings (SSSR count). The molecular weight excluding hydrogens is 446 g/mol. The van der Waals surface area contributed by atoms with Crippen LogP contribution in [0.25, 0.3) is 4.96 Å². The number of quaternary nitrogens is 2. The van der Waals surface area contributed by atoms with E-state index in [1.54, 1.807) is 11.2 Å². The van der Waals surface area contributed by atoms with Gasteiger partial charge in [0.05, 0.1) is 6.26 Å². The first-order valence-corrected chi connectivity index (χ1v) is 12.4. The molecule has 3 N–H and O–H groups in total. The van der Waals surface area contributed by atoms with Crippen LogP contribution in [0.4, 0.5) is 0 Å². The molecule has 1 atom stereocenters. The molecule has 1 aliphatic heterocycles. The maximum atomic E-state index is 10.9. The van der Waals surface area contributed by atoms with Gasteiger partial charge in [0.2, 0.25) is 10.8 Å². The molecule has 4 heterocycles. The standard InChI is InChI=1S/C26H25N5O2S/c32-25-24(34-26-27-18-28-31(25)26)23(21-12-7-17-33-21)30-15-13-29(14-16-30)22(19-8-3-1-4-9-19)20-10-5-2-6-11-20/h1-12,17-18,22-23,32H,13-16H2/p+2/t23-/m1/s1. The molecule has 7 nitrogen and oxygen atoms in total. The fourth-order valence-corrected chi connectivity index (χ4v) is 6.37. The van der Waals surface area contributed by atoms with E-state index in [1.165, 1.54) is 38.2 Å². The zero-order chi connectivity index (χ0) is 22.9. The predicted octanol–water partition coefficient (Wildman–Crippen LogP) is 1.75. The van der Waals surface area contributed by atoms with E-state index in [-0.39, 0.29) is 11.9 Å². The van der Waals surface area contributed by atoms with Crippen molar-refractivity contribution in [1.29, 1.82) is 0 Å². The zero-order valence-electron chi connectivity index (χ0n) is 18.7. The Bertz CT molecular complexity index is 1300. The monoisotopic (exact) mass is 473 g/mol. The van der Waals surface area contributed by atoms with E-state index in [2.05, 4.69) is 70.7 Å². The Morgan fingerprint density at radius 1 is 0.824 bits per heavy atom. The molecule has 0 amide bonds. The Labute approximate surface area is 201 Å². The second-order valence-corrected chi connectivity index (χ2v) is 9.77. The summed E-state index contributed by atoms with van der Waals surface area (Å²) < 4.78 is 7.37. The van der Waals surface area contributed by atoms with E-state index in [4.69, 9.17) is 4.42 Å². The number of aromatic nitrogens is 3. The first-order chi connectivity index (χ1) is 16.8. The van der Waals surface area contributed by atoms with Gasteiger partial charge in [-0.2, -0.15) is 9.61 Å². The van der Waals surface area contributed by atoms with E-state index in [9.17, 15) is 5.11 Å². The summed E-state index contributed by atoms with van der Waals surface area (Å²) in [7, 11) is 0. The van der Waals surface area contributed by atoms with Crippen LogP contribution in [0.15, 0.2) is 89.8 Å². The number of nitrogens with zero attached hydrogens (tertiary/aromatic N) is 3. The van der Waals surface area contributed by atoms with Crippen molar-refractivity contribution in [1.82, 2.24) is 14.6 Å². The highest BCUT2D eigenvalue weighted by Crippen LogP contribution is 2.34. The van der Waals surface area contributed by atoms with Gasteiger partial charge >= 0.3 is 0 Å². The summed E-state index contributed by atoms with van der Waals surface area (Å²) in [6, 6.07) is 25.8. The molecule has 0 aliphatic carbocycles. The molecule has 0 bridgehead atoms. The van der Waals surface area contributed by atoms with Crippen LogP contribution >= 0.6 is 11.3 Å². The molecule has 3 aromatic heterocycles. The summed E-state index contributed by atoms with van der Waals surface area (Å²) in [5, 5.41) is 15.1. The number of furan rings is 1. The molecule has 0 unspecified atom stereocenters. The van der Waals surface area contributed by atoms with Crippen molar-refractivity contribution in [2.75, 3.05) is 26.2 Å². The van der Waals surface area contributed by atoms with Gasteiger partial charge in [0.15, 0.2) is 11.8 Å². The van der Waals surface area contributed by atoms with Crippen LogP contribution in [-0.2, 0) is 0 Å². The third kappa shape index (κ3) is 3.79. The minimum atomic E-state index is -0.0862. The topological polar surface area (TPSA) is 72.4 Å². The van der Waals surface area contributed by atoms with Gasteiger partial charge in [-0.1, -0.05) is 72.0 Å². The Balaban J connectivity index is 1.29. The van der Waals surface area contributed by atoms with Crippen molar-refractivity contribution in [2.45, 2.75) is 12.1 Å². The van der Waals surface area contributed by atoms with Crippen molar-refractivity contribution in [3.63, 3.8) is 0 Å². The average Bonchev–Trinajstić information content (AvgIpc) is 3.63. The third-order valence-corrected chi connectivity index (χ3v) is 7.94. The van der Waals surface area contributed by atoms with Gasteiger partial charge in [-0.15, -0.1) is 0 Å². The Kier molecular flexibility index (Phi) is 5.62. The minimum absolute atomic E-state index is 0.0862. The lowest BCUT2D eigenvalue weighted by Gasteiger charge is -2.37. The van der Waals surface area contributed by atoms with Crippen molar-refractivity contribution < 1.29 is 19.3 Å². The molecule has 8 heteroatoms. The summed E-state index contributed by atoms with van der Waals surface area (Å²) >= 11 is 1.48. The lowest BCUT2D eigenvalue weighted by Crippen LogP contribution is -3.28. The van der Waals surface area contributed by atoms with Crippen LogP contribution in [0.5, 0.6) is 5.88 Å². The van der Waals surface area contributed by atoms with E-state index in [1.807, 2.05) is 12.1 Å². The van der Waals surface area contributed by atoms with Gasteiger partial charge in [0, 0.05) is 11.1 Å². The number of piperazine rings is 1. The molecule has 0 spiro atoms. The predicted molar refractivity (Wildman–Crippen MR) is 129 cm³/mol. The fourth-order valence-electron chi connectivity index (χ4n) is 5.28.